The summed E-state index contributed by atoms with van der Waals surface area (Å²) < 4.78 is 5.06. The number of carbonyl (C=O) groups is 3. The number of hydrogen-bond donors (Lipinski definition) is 2. The van der Waals surface area contributed by atoms with Crippen molar-refractivity contribution in [2.75, 3.05) is 18.5 Å². The average molecular weight is 427 g/mol. The van der Waals surface area contributed by atoms with E-state index in [1.165, 1.54) is 24.8 Å². The van der Waals surface area contributed by atoms with Crippen LogP contribution in [0, 0.1) is 23.2 Å². The Morgan fingerprint density at radius 2 is 1.61 bits per heavy atom. The van der Waals surface area contributed by atoms with Crippen LogP contribution >= 0.6 is 0 Å². The number of hydrogen-bond acceptors (Lipinski definition) is 4. The molecular weight excluding hydrogens is 392 g/mol. The molecule has 4 fully saturated rings. The molecule has 31 heavy (non-hydrogen) atoms. The maximum absolute atomic E-state index is 12.9. The summed E-state index contributed by atoms with van der Waals surface area (Å²) in [6.45, 7) is 3.76. The van der Waals surface area contributed by atoms with Crippen molar-refractivity contribution in [1.82, 2.24) is 5.32 Å². The van der Waals surface area contributed by atoms with Crippen LogP contribution in [0.3, 0.4) is 0 Å². The highest BCUT2D eigenvalue weighted by Crippen LogP contribution is 2.60. The minimum Gasteiger partial charge on any atom is -0.454 e. The summed E-state index contributed by atoms with van der Waals surface area (Å²) in [5.74, 6) is 1.51. The zero-order valence-electron chi connectivity index (χ0n) is 18.6. The minimum absolute atomic E-state index is 0.00519. The summed E-state index contributed by atoms with van der Waals surface area (Å²) in [7, 11) is 0. The van der Waals surface area contributed by atoms with E-state index in [0.29, 0.717) is 29.4 Å². The first-order valence-corrected chi connectivity index (χ1v) is 11.7. The first kappa shape index (κ1) is 21.8. The van der Waals surface area contributed by atoms with E-state index in [1.807, 2.05) is 24.3 Å². The topological polar surface area (TPSA) is 84.5 Å². The van der Waals surface area contributed by atoms with E-state index >= 15 is 0 Å². The van der Waals surface area contributed by atoms with Gasteiger partial charge in [0.15, 0.2) is 6.61 Å². The molecule has 4 aliphatic carbocycles. The van der Waals surface area contributed by atoms with Gasteiger partial charge >= 0.3 is 5.97 Å². The van der Waals surface area contributed by atoms with E-state index in [-0.39, 0.29) is 24.5 Å². The summed E-state index contributed by atoms with van der Waals surface area (Å²) in [5.41, 5.74) is 1.61. The molecule has 0 spiro atoms. The Hall–Kier alpha value is -2.37. The molecule has 0 saturated heterocycles. The maximum Gasteiger partial charge on any atom is 0.325 e. The van der Waals surface area contributed by atoms with Crippen LogP contribution in [0.2, 0.25) is 0 Å². The van der Waals surface area contributed by atoms with Crippen LogP contribution in [0.4, 0.5) is 5.69 Å². The molecule has 4 aliphatic rings. The lowest BCUT2D eigenvalue weighted by molar-refractivity contribution is -0.152. The summed E-state index contributed by atoms with van der Waals surface area (Å²) in [4.78, 5) is 37.0. The summed E-state index contributed by atoms with van der Waals surface area (Å²) in [5, 5.41) is 5.52. The summed E-state index contributed by atoms with van der Waals surface area (Å²) in [6, 6.07) is 7.70. The fraction of sp³-hybridized carbons (Fsp3) is 0.640. The highest BCUT2D eigenvalue weighted by molar-refractivity contribution is 5.93. The van der Waals surface area contributed by atoms with Crippen LogP contribution in [-0.4, -0.2) is 30.9 Å². The molecule has 2 amide bonds. The fourth-order valence-corrected chi connectivity index (χ4v) is 6.25. The highest BCUT2D eigenvalue weighted by atomic mass is 16.5. The van der Waals surface area contributed by atoms with Crippen molar-refractivity contribution in [3.8, 4) is 0 Å². The van der Waals surface area contributed by atoms with Crippen molar-refractivity contribution in [2.24, 2.45) is 23.2 Å². The third-order valence-electron chi connectivity index (χ3n) is 7.65. The molecule has 0 aliphatic heterocycles. The van der Waals surface area contributed by atoms with Gasteiger partial charge in [-0.3, -0.25) is 14.4 Å². The van der Waals surface area contributed by atoms with Gasteiger partial charge in [0.05, 0.1) is 0 Å². The molecule has 6 heteroatoms. The van der Waals surface area contributed by atoms with Crippen LogP contribution in [-0.2, 0) is 19.1 Å². The second-order valence-electron chi connectivity index (χ2n) is 10.0. The lowest BCUT2D eigenvalue weighted by atomic mass is 9.49. The van der Waals surface area contributed by atoms with Crippen molar-refractivity contribution in [2.45, 2.75) is 64.7 Å². The van der Waals surface area contributed by atoms with Gasteiger partial charge in [-0.15, -0.1) is 0 Å². The zero-order chi connectivity index (χ0) is 22.0. The van der Waals surface area contributed by atoms with E-state index in [9.17, 15) is 14.4 Å². The Bertz CT molecular complexity index is 797. The first-order chi connectivity index (χ1) is 14.9. The van der Waals surface area contributed by atoms with Crippen LogP contribution in [0.5, 0.6) is 0 Å². The van der Waals surface area contributed by atoms with Crippen molar-refractivity contribution in [3.05, 3.63) is 29.8 Å². The molecule has 1 aromatic rings. The molecule has 168 valence electrons. The minimum atomic E-state index is -0.583. The lowest BCUT2D eigenvalue weighted by Gasteiger charge is -2.55. The number of nitrogens with one attached hydrogen (secondary N) is 2. The van der Waals surface area contributed by atoms with Crippen molar-refractivity contribution < 1.29 is 19.1 Å². The van der Waals surface area contributed by atoms with Gasteiger partial charge < -0.3 is 15.4 Å². The largest absolute Gasteiger partial charge is 0.454 e. The molecule has 1 aromatic carbocycles. The van der Waals surface area contributed by atoms with Crippen LogP contribution in [0.15, 0.2) is 24.3 Å². The van der Waals surface area contributed by atoms with Gasteiger partial charge in [0.1, 0.15) is 6.54 Å². The van der Waals surface area contributed by atoms with Gasteiger partial charge in [0.25, 0.3) is 5.91 Å². The van der Waals surface area contributed by atoms with Gasteiger partial charge in [-0.05, 0) is 86.3 Å². The van der Waals surface area contributed by atoms with Crippen molar-refractivity contribution in [1.29, 1.82) is 0 Å². The molecule has 0 heterocycles. The van der Waals surface area contributed by atoms with Crippen LogP contribution < -0.4 is 10.6 Å². The summed E-state index contributed by atoms with van der Waals surface area (Å²) in [6.07, 6.45) is 7.73. The van der Waals surface area contributed by atoms with E-state index in [1.54, 1.807) is 0 Å². The predicted octanol–water partition coefficient (Wildman–Crippen LogP) is 4.01. The number of benzene rings is 1. The van der Waals surface area contributed by atoms with Gasteiger partial charge in [-0.2, -0.15) is 0 Å². The quantitative estimate of drug-likeness (QED) is 0.615. The number of esters is 1. The summed E-state index contributed by atoms with van der Waals surface area (Å²) >= 11 is 0. The molecule has 0 radical (unpaired) electrons. The number of carbonyl (C=O) groups excluding carboxylic acids is 3. The van der Waals surface area contributed by atoms with Crippen molar-refractivity contribution in [3.63, 3.8) is 0 Å². The van der Waals surface area contributed by atoms with Gasteiger partial charge in [0.2, 0.25) is 5.91 Å². The number of amides is 2. The van der Waals surface area contributed by atoms with Gasteiger partial charge in [-0.1, -0.05) is 26.0 Å². The molecule has 4 bridgehead atoms. The Morgan fingerprint density at radius 1 is 1.03 bits per heavy atom. The normalized spacial score (nSPS) is 29.3. The number of ether oxygens (including phenoxy) is 1. The Morgan fingerprint density at radius 3 is 2.16 bits per heavy atom. The molecule has 0 unspecified atom stereocenters. The number of rotatable bonds is 8. The third kappa shape index (κ3) is 4.94. The zero-order valence-corrected chi connectivity index (χ0v) is 18.6. The molecule has 0 aromatic heterocycles. The van der Waals surface area contributed by atoms with Crippen LogP contribution in [0.25, 0.3) is 0 Å². The van der Waals surface area contributed by atoms with Crippen LogP contribution in [0.1, 0.15) is 70.3 Å². The van der Waals surface area contributed by atoms with E-state index in [2.05, 4.69) is 24.5 Å². The van der Waals surface area contributed by atoms with Gasteiger partial charge in [-0.25, -0.2) is 0 Å². The number of anilines is 1. The Balaban J connectivity index is 1.19. The van der Waals surface area contributed by atoms with E-state index < -0.39 is 11.9 Å². The van der Waals surface area contributed by atoms with Crippen molar-refractivity contribution >= 4 is 23.5 Å². The molecule has 5 rings (SSSR count). The highest BCUT2D eigenvalue weighted by Gasteiger charge is 2.54. The molecule has 2 N–H and O–H groups in total. The maximum atomic E-state index is 12.9. The molecule has 1 atom stereocenters. The third-order valence-corrected chi connectivity index (χ3v) is 7.65. The molecule has 6 nitrogen and oxygen atoms in total. The van der Waals surface area contributed by atoms with E-state index in [4.69, 9.17) is 4.74 Å². The van der Waals surface area contributed by atoms with Gasteiger partial charge in [0, 0.05) is 11.1 Å². The lowest BCUT2D eigenvalue weighted by Crippen LogP contribution is -2.54. The first-order valence-electron chi connectivity index (χ1n) is 11.7. The average Bonchev–Trinajstić information content (AvgIpc) is 2.75. The predicted molar refractivity (Wildman–Crippen MR) is 118 cm³/mol. The monoisotopic (exact) mass is 426 g/mol. The SMILES string of the molecule is CC[C@H](C)c1ccc(NC(=O)COC(=O)CNC(=O)C23CC4CC(CC(C4)C2)C3)cc1. The fourth-order valence-electron chi connectivity index (χ4n) is 6.25. The second-order valence-corrected chi connectivity index (χ2v) is 10.0. The molecule has 4 saturated carbocycles. The second kappa shape index (κ2) is 9.01. The standard InChI is InChI=1S/C25H34N2O4/c1-3-16(2)20-4-6-21(7-5-20)27-22(28)15-31-23(29)14-26-24(30)25-11-17-8-18(12-25)10-19(9-17)13-25/h4-7,16-19H,3,8-15H2,1-2H3,(H,26,30)(H,27,28)/t16-,17?,18?,19?,25?/m0/s1. The Labute approximate surface area is 184 Å². The Kier molecular flexibility index (Phi) is 6.35. The molecular formula is C25H34N2O4. The smallest absolute Gasteiger partial charge is 0.325 e. The van der Waals surface area contributed by atoms with E-state index in [0.717, 1.165) is 25.7 Å².